The van der Waals surface area contributed by atoms with Gasteiger partial charge in [-0.3, -0.25) is 4.79 Å². The number of carbonyl (C=O) groups is 1. The van der Waals surface area contributed by atoms with Gasteiger partial charge in [0.05, 0.1) is 12.6 Å². The first-order valence-electron chi connectivity index (χ1n) is 8.43. The summed E-state index contributed by atoms with van der Waals surface area (Å²) in [4.78, 5) is 12.1. The fourth-order valence-electron chi connectivity index (χ4n) is 2.64. The fraction of sp³-hybridized carbons (Fsp3) is 0.316. The molecule has 7 heteroatoms. The second-order valence-electron chi connectivity index (χ2n) is 6.03. The Morgan fingerprint density at radius 2 is 1.85 bits per heavy atom. The minimum atomic E-state index is -0.172. The largest absolute Gasteiger partial charge is 0.491 e. The third-order valence-electron chi connectivity index (χ3n) is 3.91. The number of benzene rings is 2. The number of halogens is 2. The van der Waals surface area contributed by atoms with Crippen LogP contribution in [0.25, 0.3) is 0 Å². The SMILES string of the molecule is O=C(CNc1cc(Cl)cc(Cl)c1)Nc1ccc(OCC2CCCO2)cc1. The molecule has 5 nitrogen and oxygen atoms in total. The molecular weight excluding hydrogens is 375 g/mol. The first-order chi connectivity index (χ1) is 12.6. The molecule has 1 amide bonds. The lowest BCUT2D eigenvalue weighted by atomic mass is 10.2. The predicted octanol–water partition coefficient (Wildman–Crippen LogP) is 4.60. The highest BCUT2D eigenvalue weighted by molar-refractivity contribution is 6.35. The Hall–Kier alpha value is -1.95. The molecule has 26 heavy (non-hydrogen) atoms. The zero-order valence-electron chi connectivity index (χ0n) is 14.1. The number of amides is 1. The summed E-state index contributed by atoms with van der Waals surface area (Å²) in [7, 11) is 0. The molecule has 0 saturated carbocycles. The second-order valence-corrected chi connectivity index (χ2v) is 6.90. The molecule has 138 valence electrons. The van der Waals surface area contributed by atoms with Crippen molar-refractivity contribution in [1.29, 1.82) is 0 Å². The Balaban J connectivity index is 1.44. The quantitative estimate of drug-likeness (QED) is 0.719. The molecule has 2 N–H and O–H groups in total. The molecule has 2 aromatic carbocycles. The number of carbonyl (C=O) groups excluding carboxylic acids is 1. The predicted molar refractivity (Wildman–Crippen MR) is 104 cm³/mol. The molecule has 0 spiro atoms. The number of nitrogens with one attached hydrogen (secondary N) is 2. The van der Waals surface area contributed by atoms with Crippen molar-refractivity contribution in [3.8, 4) is 5.75 Å². The van der Waals surface area contributed by atoms with Crippen LogP contribution in [0.5, 0.6) is 5.75 Å². The van der Waals surface area contributed by atoms with Gasteiger partial charge in [-0.15, -0.1) is 0 Å². The fourth-order valence-corrected chi connectivity index (χ4v) is 3.17. The molecule has 0 bridgehead atoms. The van der Waals surface area contributed by atoms with Crippen LogP contribution in [0.3, 0.4) is 0 Å². The van der Waals surface area contributed by atoms with Crippen LogP contribution >= 0.6 is 23.2 Å². The van der Waals surface area contributed by atoms with E-state index in [1.807, 2.05) is 12.1 Å². The van der Waals surface area contributed by atoms with Crippen LogP contribution in [0.4, 0.5) is 11.4 Å². The lowest BCUT2D eigenvalue weighted by Crippen LogP contribution is -2.21. The van der Waals surface area contributed by atoms with Gasteiger partial charge in [0, 0.05) is 28.0 Å². The van der Waals surface area contributed by atoms with Gasteiger partial charge in [-0.05, 0) is 55.3 Å². The molecule has 3 rings (SSSR count). The Bertz CT molecular complexity index is 727. The van der Waals surface area contributed by atoms with E-state index in [2.05, 4.69) is 10.6 Å². The van der Waals surface area contributed by atoms with Crippen LogP contribution in [0.1, 0.15) is 12.8 Å². The van der Waals surface area contributed by atoms with E-state index in [0.717, 1.165) is 25.2 Å². The normalized spacial score (nSPS) is 16.3. The van der Waals surface area contributed by atoms with Gasteiger partial charge in [-0.2, -0.15) is 0 Å². The third kappa shape index (κ3) is 5.80. The summed E-state index contributed by atoms with van der Waals surface area (Å²) in [6.45, 7) is 1.47. The third-order valence-corrected chi connectivity index (χ3v) is 4.35. The maximum atomic E-state index is 12.1. The lowest BCUT2D eigenvalue weighted by Gasteiger charge is -2.12. The van der Waals surface area contributed by atoms with E-state index in [0.29, 0.717) is 28.0 Å². The van der Waals surface area contributed by atoms with Gasteiger partial charge in [-0.25, -0.2) is 0 Å². The van der Waals surface area contributed by atoms with Gasteiger partial charge < -0.3 is 20.1 Å². The second kappa shape index (κ2) is 9.12. The summed E-state index contributed by atoms with van der Waals surface area (Å²) in [6, 6.07) is 12.3. The van der Waals surface area contributed by atoms with Crippen LogP contribution in [-0.4, -0.2) is 31.8 Å². The summed E-state index contributed by atoms with van der Waals surface area (Å²) in [6.07, 6.45) is 2.31. The Morgan fingerprint density at radius 1 is 1.12 bits per heavy atom. The molecule has 2 aromatic rings. The smallest absolute Gasteiger partial charge is 0.243 e. The van der Waals surface area contributed by atoms with Gasteiger partial charge in [0.1, 0.15) is 12.4 Å². The number of anilines is 2. The number of ether oxygens (including phenoxy) is 2. The first kappa shape index (κ1) is 18.8. The number of hydrogen-bond acceptors (Lipinski definition) is 4. The van der Waals surface area contributed by atoms with Crippen molar-refractivity contribution in [3.63, 3.8) is 0 Å². The van der Waals surface area contributed by atoms with Gasteiger partial charge in [-0.1, -0.05) is 23.2 Å². The highest BCUT2D eigenvalue weighted by Crippen LogP contribution is 2.22. The zero-order chi connectivity index (χ0) is 18.4. The van der Waals surface area contributed by atoms with E-state index in [1.165, 1.54) is 0 Å². The van der Waals surface area contributed by atoms with Gasteiger partial charge in [0.25, 0.3) is 0 Å². The van der Waals surface area contributed by atoms with Gasteiger partial charge in [0.15, 0.2) is 0 Å². The van der Waals surface area contributed by atoms with Crippen molar-refractivity contribution >= 4 is 40.5 Å². The minimum absolute atomic E-state index is 0.105. The van der Waals surface area contributed by atoms with E-state index in [1.54, 1.807) is 30.3 Å². The van der Waals surface area contributed by atoms with E-state index in [9.17, 15) is 4.79 Å². The molecule has 1 fully saturated rings. The van der Waals surface area contributed by atoms with Crippen LogP contribution in [0, 0.1) is 0 Å². The summed E-state index contributed by atoms with van der Waals surface area (Å²) >= 11 is 11.9. The van der Waals surface area contributed by atoms with E-state index < -0.39 is 0 Å². The van der Waals surface area contributed by atoms with E-state index in [-0.39, 0.29) is 18.6 Å². The molecular formula is C19H20Cl2N2O3. The van der Waals surface area contributed by atoms with Crippen molar-refractivity contribution < 1.29 is 14.3 Å². The summed E-state index contributed by atoms with van der Waals surface area (Å²) in [5.74, 6) is 0.583. The first-order valence-corrected chi connectivity index (χ1v) is 9.18. The molecule has 1 atom stereocenters. The molecule has 0 aromatic heterocycles. The Kier molecular flexibility index (Phi) is 6.61. The zero-order valence-corrected chi connectivity index (χ0v) is 15.6. The number of hydrogen-bond donors (Lipinski definition) is 2. The number of rotatable bonds is 7. The van der Waals surface area contributed by atoms with Crippen LogP contribution in [0.2, 0.25) is 10.0 Å². The topological polar surface area (TPSA) is 59.6 Å². The minimum Gasteiger partial charge on any atom is -0.491 e. The molecule has 1 aliphatic heterocycles. The van der Waals surface area contributed by atoms with Crippen LogP contribution in [0.15, 0.2) is 42.5 Å². The Morgan fingerprint density at radius 3 is 2.50 bits per heavy atom. The maximum Gasteiger partial charge on any atom is 0.243 e. The highest BCUT2D eigenvalue weighted by atomic mass is 35.5. The maximum absolute atomic E-state index is 12.1. The lowest BCUT2D eigenvalue weighted by molar-refractivity contribution is -0.114. The van der Waals surface area contributed by atoms with E-state index in [4.69, 9.17) is 32.7 Å². The van der Waals surface area contributed by atoms with Crippen molar-refractivity contribution in [2.45, 2.75) is 18.9 Å². The highest BCUT2D eigenvalue weighted by Gasteiger charge is 2.15. The molecule has 1 saturated heterocycles. The molecule has 0 radical (unpaired) electrons. The average molecular weight is 395 g/mol. The molecule has 0 aliphatic carbocycles. The standard InChI is InChI=1S/C19H20Cl2N2O3/c20-13-8-14(21)10-16(9-13)22-11-19(24)23-15-3-5-17(6-4-15)26-12-18-2-1-7-25-18/h3-6,8-10,18,22H,1-2,7,11-12H2,(H,23,24). The van der Waals surface area contributed by atoms with Crippen LogP contribution in [-0.2, 0) is 9.53 Å². The van der Waals surface area contributed by atoms with Crippen molar-refractivity contribution in [2.75, 3.05) is 30.4 Å². The average Bonchev–Trinajstić information content (AvgIpc) is 3.12. The molecule has 1 aliphatic rings. The summed E-state index contributed by atoms with van der Waals surface area (Å²) in [5, 5.41) is 6.83. The monoisotopic (exact) mass is 394 g/mol. The van der Waals surface area contributed by atoms with Gasteiger partial charge in [0.2, 0.25) is 5.91 Å². The van der Waals surface area contributed by atoms with Crippen molar-refractivity contribution in [1.82, 2.24) is 0 Å². The van der Waals surface area contributed by atoms with Crippen molar-refractivity contribution in [3.05, 3.63) is 52.5 Å². The van der Waals surface area contributed by atoms with Gasteiger partial charge >= 0.3 is 0 Å². The summed E-state index contributed by atoms with van der Waals surface area (Å²) in [5.41, 5.74) is 1.39. The van der Waals surface area contributed by atoms with Crippen molar-refractivity contribution in [2.24, 2.45) is 0 Å². The van der Waals surface area contributed by atoms with Crippen LogP contribution < -0.4 is 15.4 Å². The summed E-state index contributed by atoms with van der Waals surface area (Å²) < 4.78 is 11.2. The van der Waals surface area contributed by atoms with E-state index >= 15 is 0 Å². The molecule has 1 unspecified atom stereocenters. The molecule has 1 heterocycles. The Labute approximate surface area is 162 Å².